The summed E-state index contributed by atoms with van der Waals surface area (Å²) in [6, 6.07) is 24.2. The quantitative estimate of drug-likeness (QED) is 0.552. The van der Waals surface area contributed by atoms with Gasteiger partial charge in [-0.15, -0.1) is 0 Å². The molecule has 5 nitrogen and oxygen atoms in total. The van der Waals surface area contributed by atoms with Crippen LogP contribution in [0.3, 0.4) is 0 Å². The summed E-state index contributed by atoms with van der Waals surface area (Å²) in [5.41, 5.74) is 4.15. The fourth-order valence-corrected chi connectivity index (χ4v) is 2.47. The summed E-state index contributed by atoms with van der Waals surface area (Å²) in [7, 11) is -1.34. The molecule has 4 rings (SSSR count). The SMILES string of the molecule is OB(O)c1ccccc1.c1ccc(-c2cccnc2-c2ccccn2)nc1. The monoisotopic (exact) mass is 355 g/mol. The number of aromatic nitrogens is 3. The van der Waals surface area contributed by atoms with Gasteiger partial charge in [0.15, 0.2) is 0 Å². The van der Waals surface area contributed by atoms with E-state index < -0.39 is 7.12 Å². The van der Waals surface area contributed by atoms with Gasteiger partial charge in [-0.2, -0.15) is 0 Å². The fourth-order valence-electron chi connectivity index (χ4n) is 2.47. The summed E-state index contributed by atoms with van der Waals surface area (Å²) in [4.78, 5) is 13.1. The molecule has 0 saturated heterocycles. The Morgan fingerprint density at radius 3 is 1.70 bits per heavy atom. The molecule has 2 N–H and O–H groups in total. The van der Waals surface area contributed by atoms with Gasteiger partial charge in [0, 0.05) is 24.2 Å². The molecule has 1 aromatic carbocycles. The van der Waals surface area contributed by atoms with Crippen LogP contribution in [0.1, 0.15) is 0 Å². The van der Waals surface area contributed by atoms with E-state index in [-0.39, 0.29) is 0 Å². The molecule has 3 aromatic heterocycles. The van der Waals surface area contributed by atoms with Crippen LogP contribution in [0, 0.1) is 0 Å². The Morgan fingerprint density at radius 2 is 1.15 bits per heavy atom. The maximum atomic E-state index is 8.58. The molecule has 132 valence electrons. The van der Waals surface area contributed by atoms with Crippen LogP contribution < -0.4 is 5.46 Å². The lowest BCUT2D eigenvalue weighted by Crippen LogP contribution is -2.29. The Labute approximate surface area is 158 Å². The second-order valence-corrected chi connectivity index (χ2v) is 5.61. The number of pyridine rings is 3. The first-order valence-corrected chi connectivity index (χ1v) is 8.44. The molecule has 0 aliphatic carbocycles. The van der Waals surface area contributed by atoms with Gasteiger partial charge in [-0.1, -0.05) is 42.5 Å². The summed E-state index contributed by atoms with van der Waals surface area (Å²) < 4.78 is 0. The highest BCUT2D eigenvalue weighted by molar-refractivity contribution is 6.58. The molecular formula is C21H18BN3O2. The summed E-state index contributed by atoms with van der Waals surface area (Å²) >= 11 is 0. The number of hydrogen-bond acceptors (Lipinski definition) is 5. The smallest absolute Gasteiger partial charge is 0.423 e. The van der Waals surface area contributed by atoms with E-state index in [1.165, 1.54) is 0 Å². The van der Waals surface area contributed by atoms with Crippen LogP contribution in [0.25, 0.3) is 22.6 Å². The summed E-state index contributed by atoms with van der Waals surface area (Å²) in [6.07, 6.45) is 5.33. The normalized spacial score (nSPS) is 9.85. The third-order valence-electron chi connectivity index (χ3n) is 3.75. The van der Waals surface area contributed by atoms with Crippen LogP contribution in [-0.4, -0.2) is 32.1 Å². The molecule has 6 heteroatoms. The predicted octanol–water partition coefficient (Wildman–Crippen LogP) is 2.57. The highest BCUT2D eigenvalue weighted by atomic mass is 16.4. The molecule has 0 aliphatic rings. The van der Waals surface area contributed by atoms with Crippen molar-refractivity contribution >= 4 is 12.6 Å². The third kappa shape index (κ3) is 5.07. The van der Waals surface area contributed by atoms with Gasteiger partial charge in [-0.05, 0) is 41.9 Å². The van der Waals surface area contributed by atoms with Crippen LogP contribution in [0.15, 0.2) is 97.5 Å². The van der Waals surface area contributed by atoms with Crippen molar-refractivity contribution in [2.24, 2.45) is 0 Å². The van der Waals surface area contributed by atoms with E-state index in [9.17, 15) is 0 Å². The molecule has 4 aromatic rings. The average molecular weight is 355 g/mol. The van der Waals surface area contributed by atoms with Crippen LogP contribution in [0.5, 0.6) is 0 Å². The average Bonchev–Trinajstić information content (AvgIpc) is 2.76. The van der Waals surface area contributed by atoms with Gasteiger partial charge in [-0.25, -0.2) is 0 Å². The van der Waals surface area contributed by atoms with Crippen LogP contribution in [0.2, 0.25) is 0 Å². The minimum absolute atomic E-state index is 0.525. The summed E-state index contributed by atoms with van der Waals surface area (Å²) in [5.74, 6) is 0. The van der Waals surface area contributed by atoms with Crippen molar-refractivity contribution in [3.8, 4) is 22.6 Å². The van der Waals surface area contributed by atoms with Crippen molar-refractivity contribution in [1.82, 2.24) is 15.0 Å². The van der Waals surface area contributed by atoms with E-state index in [0.717, 1.165) is 22.6 Å². The second-order valence-electron chi connectivity index (χ2n) is 5.61. The molecule has 3 heterocycles. The lowest BCUT2D eigenvalue weighted by atomic mass is 9.81. The van der Waals surface area contributed by atoms with Gasteiger partial charge in [-0.3, -0.25) is 15.0 Å². The highest BCUT2D eigenvalue weighted by Gasteiger charge is 2.09. The first-order chi connectivity index (χ1) is 13.3. The number of nitrogens with zero attached hydrogens (tertiary/aromatic N) is 3. The summed E-state index contributed by atoms with van der Waals surface area (Å²) in [5, 5.41) is 17.2. The van der Waals surface area contributed by atoms with Gasteiger partial charge < -0.3 is 10.0 Å². The topological polar surface area (TPSA) is 79.1 Å². The first-order valence-electron chi connectivity index (χ1n) is 8.44. The van der Waals surface area contributed by atoms with E-state index in [4.69, 9.17) is 10.0 Å². The van der Waals surface area contributed by atoms with Crippen LogP contribution >= 0.6 is 0 Å². The standard InChI is InChI=1S/C15H11N3.C6H7BO2/c1-3-9-16-13(7-1)12-6-5-11-18-15(12)14-8-2-4-10-17-14;8-7(9)6-4-2-1-3-5-6/h1-11H;1-5,8-9H. The molecule has 0 aliphatic heterocycles. The third-order valence-corrected chi connectivity index (χ3v) is 3.75. The molecule has 0 atom stereocenters. The van der Waals surface area contributed by atoms with Gasteiger partial charge in [0.05, 0.1) is 17.1 Å². The molecular weight excluding hydrogens is 337 g/mol. The lowest BCUT2D eigenvalue weighted by molar-refractivity contribution is 0.426. The van der Waals surface area contributed by atoms with E-state index in [1.807, 2.05) is 54.6 Å². The Bertz CT molecular complexity index is 894. The largest absolute Gasteiger partial charge is 0.488 e. The molecule has 0 fully saturated rings. The van der Waals surface area contributed by atoms with Crippen molar-refractivity contribution in [3.05, 3.63) is 97.5 Å². The lowest BCUT2D eigenvalue weighted by Gasteiger charge is -2.06. The van der Waals surface area contributed by atoms with Crippen molar-refractivity contribution < 1.29 is 10.0 Å². The molecule has 27 heavy (non-hydrogen) atoms. The van der Waals surface area contributed by atoms with E-state index in [1.54, 1.807) is 42.9 Å². The summed E-state index contributed by atoms with van der Waals surface area (Å²) in [6.45, 7) is 0. The van der Waals surface area contributed by atoms with Gasteiger partial charge in [0.1, 0.15) is 0 Å². The molecule has 0 spiro atoms. The van der Waals surface area contributed by atoms with Crippen LogP contribution in [0.4, 0.5) is 0 Å². The fraction of sp³-hybridized carbons (Fsp3) is 0. The minimum Gasteiger partial charge on any atom is -0.423 e. The number of rotatable bonds is 3. The Kier molecular flexibility index (Phi) is 6.41. The van der Waals surface area contributed by atoms with Gasteiger partial charge >= 0.3 is 7.12 Å². The van der Waals surface area contributed by atoms with Crippen molar-refractivity contribution in [2.75, 3.05) is 0 Å². The van der Waals surface area contributed by atoms with Crippen LogP contribution in [-0.2, 0) is 0 Å². The molecule has 0 unspecified atom stereocenters. The number of benzene rings is 1. The maximum absolute atomic E-state index is 8.58. The predicted molar refractivity (Wildman–Crippen MR) is 107 cm³/mol. The highest BCUT2D eigenvalue weighted by Crippen LogP contribution is 2.26. The Hall–Kier alpha value is -3.35. The van der Waals surface area contributed by atoms with Gasteiger partial charge in [0.2, 0.25) is 0 Å². The zero-order chi connectivity index (χ0) is 18.9. The Morgan fingerprint density at radius 1 is 0.556 bits per heavy atom. The molecule has 0 saturated carbocycles. The van der Waals surface area contributed by atoms with Gasteiger partial charge in [0.25, 0.3) is 0 Å². The van der Waals surface area contributed by atoms with Crippen molar-refractivity contribution in [2.45, 2.75) is 0 Å². The van der Waals surface area contributed by atoms with Crippen molar-refractivity contribution in [3.63, 3.8) is 0 Å². The second kappa shape index (κ2) is 9.38. The molecule has 0 amide bonds. The maximum Gasteiger partial charge on any atom is 0.488 e. The zero-order valence-electron chi connectivity index (χ0n) is 14.6. The minimum atomic E-state index is -1.34. The molecule has 0 radical (unpaired) electrons. The number of hydrogen-bond donors (Lipinski definition) is 2. The van der Waals surface area contributed by atoms with E-state index in [2.05, 4.69) is 15.0 Å². The molecule has 0 bridgehead atoms. The Balaban J connectivity index is 0.000000197. The first kappa shape index (κ1) is 18.4. The van der Waals surface area contributed by atoms with E-state index >= 15 is 0 Å². The van der Waals surface area contributed by atoms with Crippen molar-refractivity contribution in [1.29, 1.82) is 0 Å². The van der Waals surface area contributed by atoms with E-state index in [0.29, 0.717) is 5.46 Å². The zero-order valence-corrected chi connectivity index (χ0v) is 14.6.